The van der Waals surface area contributed by atoms with E-state index in [9.17, 15) is 13.6 Å². The second-order valence-electron chi connectivity index (χ2n) is 7.01. The number of aromatic nitrogens is 2. The molecule has 29 heavy (non-hydrogen) atoms. The van der Waals surface area contributed by atoms with Crippen LogP contribution in [0.15, 0.2) is 60.9 Å². The molecule has 0 aliphatic rings. The van der Waals surface area contributed by atoms with Crippen molar-refractivity contribution in [2.24, 2.45) is 7.05 Å². The van der Waals surface area contributed by atoms with Gasteiger partial charge in [0.25, 0.3) is 11.8 Å². The summed E-state index contributed by atoms with van der Waals surface area (Å²) in [5, 5.41) is 0. The van der Waals surface area contributed by atoms with Gasteiger partial charge in [0.2, 0.25) is 0 Å². The Kier molecular flexibility index (Phi) is 5.96. The van der Waals surface area contributed by atoms with Crippen molar-refractivity contribution >= 4 is 5.91 Å². The zero-order chi connectivity index (χ0) is 21.0. The zero-order valence-corrected chi connectivity index (χ0v) is 16.6. The lowest BCUT2D eigenvalue weighted by Crippen LogP contribution is -2.26. The molecule has 0 aliphatic heterocycles. The van der Waals surface area contributed by atoms with Crippen LogP contribution in [0.4, 0.5) is 8.78 Å². The normalized spacial score (nSPS) is 11.3. The van der Waals surface area contributed by atoms with Crippen molar-refractivity contribution in [2.45, 2.75) is 26.0 Å². The molecule has 0 saturated heterocycles. The number of benzene rings is 2. The Bertz CT molecular complexity index is 961. The molecular formula is C22H23F2N3O2. The summed E-state index contributed by atoms with van der Waals surface area (Å²) in [4.78, 5) is 18.4. The number of nitrogens with zero attached hydrogens (tertiary/aromatic N) is 3. The molecule has 0 saturated carbocycles. The van der Waals surface area contributed by atoms with Crippen molar-refractivity contribution in [1.82, 2.24) is 14.5 Å². The van der Waals surface area contributed by atoms with Gasteiger partial charge >= 0.3 is 0 Å². The summed E-state index contributed by atoms with van der Waals surface area (Å²) in [7, 11) is 3.57. The second-order valence-corrected chi connectivity index (χ2v) is 7.01. The highest BCUT2D eigenvalue weighted by molar-refractivity contribution is 5.94. The van der Waals surface area contributed by atoms with Gasteiger partial charge in [-0.3, -0.25) is 4.79 Å². The number of aryl methyl sites for hydroxylation is 1. The Hall–Kier alpha value is -3.22. The molecule has 2 aromatic carbocycles. The van der Waals surface area contributed by atoms with E-state index >= 15 is 0 Å². The van der Waals surface area contributed by atoms with Crippen LogP contribution in [0.2, 0.25) is 0 Å². The number of ether oxygens (including phenoxy) is 1. The summed E-state index contributed by atoms with van der Waals surface area (Å²) < 4.78 is 34.2. The van der Waals surface area contributed by atoms with E-state index in [2.05, 4.69) is 4.98 Å². The number of amides is 1. The number of alkyl halides is 2. The van der Waals surface area contributed by atoms with E-state index in [4.69, 9.17) is 4.74 Å². The highest BCUT2D eigenvalue weighted by Crippen LogP contribution is 2.27. The van der Waals surface area contributed by atoms with Gasteiger partial charge in [0.15, 0.2) is 0 Å². The first-order chi connectivity index (χ1) is 13.7. The van der Waals surface area contributed by atoms with Crippen molar-refractivity contribution in [1.29, 1.82) is 0 Å². The SMILES string of the molecule is CN(Cc1ccc(C(C)(F)F)cc1)C(=O)c1ccc(OCc2nccn2C)cc1. The lowest BCUT2D eigenvalue weighted by molar-refractivity contribution is 0.0174. The van der Waals surface area contributed by atoms with E-state index < -0.39 is 5.92 Å². The third-order valence-electron chi connectivity index (χ3n) is 4.62. The van der Waals surface area contributed by atoms with Crippen molar-refractivity contribution in [3.8, 4) is 5.75 Å². The van der Waals surface area contributed by atoms with E-state index in [1.165, 1.54) is 12.1 Å². The number of rotatable bonds is 7. The maximum atomic E-state index is 13.3. The van der Waals surface area contributed by atoms with Crippen LogP contribution in [-0.4, -0.2) is 27.4 Å². The molecule has 0 atom stereocenters. The van der Waals surface area contributed by atoms with Gasteiger partial charge in [-0.2, -0.15) is 0 Å². The van der Waals surface area contributed by atoms with E-state index in [0.29, 0.717) is 24.5 Å². The molecule has 0 N–H and O–H groups in total. The minimum atomic E-state index is -2.87. The fourth-order valence-corrected chi connectivity index (χ4v) is 2.85. The van der Waals surface area contributed by atoms with Crippen LogP contribution >= 0.6 is 0 Å². The van der Waals surface area contributed by atoms with Crippen LogP contribution in [0.5, 0.6) is 5.75 Å². The van der Waals surface area contributed by atoms with Gasteiger partial charge in [0.05, 0.1) is 0 Å². The molecule has 1 heterocycles. The standard InChI is InChI=1S/C22H23F2N3O2/c1-22(23,24)18-8-4-16(5-9-18)14-27(3)21(28)17-6-10-19(11-7-17)29-15-20-25-12-13-26(20)2/h4-13H,14-15H2,1-3H3. The summed E-state index contributed by atoms with van der Waals surface area (Å²) in [6.07, 6.45) is 3.55. The monoisotopic (exact) mass is 399 g/mol. The lowest BCUT2D eigenvalue weighted by Gasteiger charge is -2.18. The van der Waals surface area contributed by atoms with Gasteiger partial charge in [0, 0.05) is 51.1 Å². The van der Waals surface area contributed by atoms with Crippen molar-refractivity contribution in [3.05, 3.63) is 83.4 Å². The molecule has 3 aromatic rings. The number of hydrogen-bond donors (Lipinski definition) is 0. The van der Waals surface area contributed by atoms with Crippen molar-refractivity contribution in [3.63, 3.8) is 0 Å². The Morgan fingerprint density at radius 3 is 2.34 bits per heavy atom. The molecule has 3 rings (SSSR count). The first-order valence-electron chi connectivity index (χ1n) is 9.16. The highest BCUT2D eigenvalue weighted by atomic mass is 19.3. The van der Waals surface area contributed by atoms with Gasteiger partial charge in [-0.1, -0.05) is 24.3 Å². The van der Waals surface area contributed by atoms with Crippen molar-refractivity contribution in [2.75, 3.05) is 7.05 Å². The van der Waals surface area contributed by atoms with Gasteiger partial charge in [-0.25, -0.2) is 13.8 Å². The molecule has 1 aromatic heterocycles. The Labute approximate surface area is 168 Å². The molecule has 0 radical (unpaired) electrons. The number of carbonyl (C=O) groups excluding carboxylic acids is 1. The van der Waals surface area contributed by atoms with Gasteiger partial charge in [-0.15, -0.1) is 0 Å². The summed E-state index contributed by atoms with van der Waals surface area (Å²) in [6.45, 7) is 1.52. The molecule has 7 heteroatoms. The fraction of sp³-hybridized carbons (Fsp3) is 0.273. The van der Waals surface area contributed by atoms with Crippen LogP contribution in [-0.2, 0) is 26.1 Å². The number of carbonyl (C=O) groups is 1. The predicted molar refractivity (Wildman–Crippen MR) is 106 cm³/mol. The van der Waals surface area contributed by atoms with Gasteiger partial charge in [0.1, 0.15) is 18.2 Å². The van der Waals surface area contributed by atoms with Gasteiger partial charge < -0.3 is 14.2 Å². The smallest absolute Gasteiger partial charge is 0.270 e. The lowest BCUT2D eigenvalue weighted by atomic mass is 10.1. The first kappa shape index (κ1) is 20.5. The third-order valence-corrected chi connectivity index (χ3v) is 4.62. The average molecular weight is 399 g/mol. The summed E-state index contributed by atoms with van der Waals surface area (Å²) in [5.41, 5.74) is 1.26. The minimum absolute atomic E-state index is 0.0450. The maximum Gasteiger partial charge on any atom is 0.270 e. The third kappa shape index (κ3) is 5.19. The van der Waals surface area contributed by atoms with E-state index in [1.54, 1.807) is 54.5 Å². The van der Waals surface area contributed by atoms with Crippen LogP contribution in [0.3, 0.4) is 0 Å². The predicted octanol–water partition coefficient (Wildman–Crippen LogP) is 4.38. The molecule has 0 aliphatic carbocycles. The second kappa shape index (κ2) is 8.43. The average Bonchev–Trinajstić information content (AvgIpc) is 3.10. The first-order valence-corrected chi connectivity index (χ1v) is 9.16. The summed E-state index contributed by atoms with van der Waals surface area (Å²) in [6, 6.07) is 12.9. The maximum absolute atomic E-state index is 13.3. The molecule has 152 valence electrons. The van der Waals surface area contributed by atoms with Crippen LogP contribution in [0, 0.1) is 0 Å². The topological polar surface area (TPSA) is 47.4 Å². The number of hydrogen-bond acceptors (Lipinski definition) is 3. The highest BCUT2D eigenvalue weighted by Gasteiger charge is 2.23. The minimum Gasteiger partial charge on any atom is -0.486 e. The zero-order valence-electron chi connectivity index (χ0n) is 16.6. The number of imidazole rings is 1. The van der Waals surface area contributed by atoms with E-state index in [1.807, 2.05) is 17.8 Å². The molecule has 1 amide bonds. The van der Waals surface area contributed by atoms with Crippen molar-refractivity contribution < 1.29 is 18.3 Å². The summed E-state index contributed by atoms with van der Waals surface area (Å²) in [5.74, 6) is -1.59. The van der Waals surface area contributed by atoms with Gasteiger partial charge in [-0.05, 0) is 29.8 Å². The van der Waals surface area contributed by atoms with E-state index in [-0.39, 0.29) is 11.5 Å². The molecule has 0 fully saturated rings. The summed E-state index contributed by atoms with van der Waals surface area (Å²) >= 11 is 0. The largest absolute Gasteiger partial charge is 0.486 e. The molecule has 0 spiro atoms. The van der Waals surface area contributed by atoms with Crippen LogP contribution in [0.25, 0.3) is 0 Å². The number of halogens is 2. The van der Waals surface area contributed by atoms with Crippen LogP contribution in [0.1, 0.15) is 34.2 Å². The fourth-order valence-electron chi connectivity index (χ4n) is 2.85. The Morgan fingerprint density at radius 1 is 1.14 bits per heavy atom. The Balaban J connectivity index is 1.58. The molecule has 0 bridgehead atoms. The molecule has 5 nitrogen and oxygen atoms in total. The van der Waals surface area contributed by atoms with Crippen LogP contribution < -0.4 is 4.74 Å². The Morgan fingerprint density at radius 2 is 1.79 bits per heavy atom. The van der Waals surface area contributed by atoms with E-state index in [0.717, 1.165) is 18.3 Å². The molecular weight excluding hydrogens is 376 g/mol. The quantitative estimate of drug-likeness (QED) is 0.592. The molecule has 0 unspecified atom stereocenters.